The molecule has 0 radical (unpaired) electrons. The molecule has 0 spiro atoms. The number of carbonyl (C=O) groups is 1. The van der Waals surface area contributed by atoms with Crippen molar-refractivity contribution in [1.29, 1.82) is 0 Å². The molecule has 0 aliphatic rings. The highest BCUT2D eigenvalue weighted by Crippen LogP contribution is 2.07. The minimum absolute atomic E-state index is 0.744. The zero-order valence-corrected chi connectivity index (χ0v) is 13.0. The standard InChI is InChI=1S/C5H10ClNO4S.CClNO3S/c1-5(2,3)11-4(8)7-12(6,9)10;2-7(5,6)3-1-4/h1-3H3,(H,7,8);. The average molecular weight is 357 g/mol. The van der Waals surface area contributed by atoms with Crippen molar-refractivity contribution in [3.63, 3.8) is 0 Å². The Morgan fingerprint density at radius 1 is 1.21 bits per heavy atom. The van der Waals surface area contributed by atoms with Gasteiger partial charge in [0.2, 0.25) is 0 Å². The van der Waals surface area contributed by atoms with Gasteiger partial charge in [-0.3, -0.25) is 0 Å². The zero-order chi connectivity index (χ0) is 15.9. The van der Waals surface area contributed by atoms with Crippen molar-refractivity contribution < 1.29 is 31.2 Å². The lowest BCUT2D eigenvalue weighted by atomic mass is 10.2. The summed E-state index contributed by atoms with van der Waals surface area (Å²) in [5, 5.41) is 0. The molecule has 0 saturated heterocycles. The number of amides is 1. The van der Waals surface area contributed by atoms with Crippen molar-refractivity contribution in [2.75, 3.05) is 0 Å². The maximum Gasteiger partial charge on any atom is 0.422 e. The van der Waals surface area contributed by atoms with Crippen LogP contribution in [0.5, 0.6) is 0 Å². The maximum atomic E-state index is 10.7. The minimum Gasteiger partial charge on any atom is -0.443 e. The Bertz CT molecular complexity index is 557. The molecule has 0 rings (SSSR count). The van der Waals surface area contributed by atoms with E-state index in [1.54, 1.807) is 20.8 Å². The molecular formula is C6H10Cl2N2O7S2. The van der Waals surface area contributed by atoms with Gasteiger partial charge in [-0.1, -0.05) is 4.40 Å². The van der Waals surface area contributed by atoms with Crippen LogP contribution in [0.2, 0.25) is 0 Å². The third-order valence-electron chi connectivity index (χ3n) is 0.750. The molecule has 0 unspecified atom stereocenters. The van der Waals surface area contributed by atoms with Crippen LogP contribution in [0, 0.1) is 0 Å². The zero-order valence-electron chi connectivity index (χ0n) is 9.88. The molecule has 0 saturated carbocycles. The second-order valence-corrected chi connectivity index (χ2v) is 8.11. The molecule has 0 fully saturated rings. The van der Waals surface area contributed by atoms with E-state index in [9.17, 15) is 21.6 Å². The predicted molar refractivity (Wildman–Crippen MR) is 67.0 cm³/mol. The normalized spacial score (nSPS) is 11.4. The average Bonchev–Trinajstić information content (AvgIpc) is 1.92. The highest BCUT2D eigenvalue weighted by molar-refractivity contribution is 8.13. The number of hydrogen-bond acceptors (Lipinski definition) is 7. The monoisotopic (exact) mass is 356 g/mol. The lowest BCUT2D eigenvalue weighted by Gasteiger charge is -2.18. The van der Waals surface area contributed by atoms with E-state index < -0.39 is 30.2 Å². The van der Waals surface area contributed by atoms with Gasteiger partial charge in [0, 0.05) is 21.4 Å². The summed E-state index contributed by atoms with van der Waals surface area (Å²) in [6, 6.07) is 0. The topological polar surface area (TPSA) is 136 Å². The molecule has 0 heterocycles. The number of ether oxygens (including phenoxy) is 1. The van der Waals surface area contributed by atoms with Crippen molar-refractivity contribution in [1.82, 2.24) is 4.72 Å². The van der Waals surface area contributed by atoms with Crippen molar-refractivity contribution in [2.24, 2.45) is 4.40 Å². The lowest BCUT2D eigenvalue weighted by Crippen LogP contribution is -2.34. The first-order chi connectivity index (χ1) is 8.16. The summed E-state index contributed by atoms with van der Waals surface area (Å²) >= 11 is 0. The molecule has 0 aromatic rings. The lowest BCUT2D eigenvalue weighted by molar-refractivity contribution is 0.0571. The van der Waals surface area contributed by atoms with Gasteiger partial charge in [0.25, 0.3) is 6.08 Å². The molecule has 0 aliphatic heterocycles. The number of rotatable bonds is 2. The van der Waals surface area contributed by atoms with Crippen molar-refractivity contribution >= 4 is 52.0 Å². The first kappa shape index (κ1) is 20.4. The van der Waals surface area contributed by atoms with E-state index >= 15 is 0 Å². The fraction of sp³-hybridized carbons (Fsp3) is 0.667. The van der Waals surface area contributed by atoms with Crippen molar-refractivity contribution in [2.45, 2.75) is 26.4 Å². The molecule has 0 aromatic carbocycles. The Labute approximate surface area is 119 Å². The van der Waals surface area contributed by atoms with E-state index in [2.05, 4.69) is 19.8 Å². The number of isocyanates is 1. The molecule has 9 nitrogen and oxygen atoms in total. The van der Waals surface area contributed by atoms with Gasteiger partial charge >= 0.3 is 24.6 Å². The van der Waals surface area contributed by atoms with Crippen LogP contribution in [-0.2, 0) is 28.0 Å². The molecule has 1 N–H and O–H groups in total. The van der Waals surface area contributed by atoms with Crippen LogP contribution in [0.3, 0.4) is 0 Å². The van der Waals surface area contributed by atoms with Crippen LogP contribution in [0.25, 0.3) is 0 Å². The largest absolute Gasteiger partial charge is 0.443 e. The maximum absolute atomic E-state index is 10.7. The number of hydrogen-bond donors (Lipinski definition) is 1. The Morgan fingerprint density at radius 3 is 1.79 bits per heavy atom. The summed E-state index contributed by atoms with van der Waals surface area (Å²) in [4.78, 5) is 19.7. The molecule has 19 heavy (non-hydrogen) atoms. The van der Waals surface area contributed by atoms with Crippen LogP contribution >= 0.6 is 21.4 Å². The Morgan fingerprint density at radius 2 is 1.63 bits per heavy atom. The Balaban J connectivity index is 0. The van der Waals surface area contributed by atoms with E-state index in [1.807, 2.05) is 0 Å². The molecule has 0 aliphatic carbocycles. The smallest absolute Gasteiger partial charge is 0.422 e. The summed E-state index contributed by atoms with van der Waals surface area (Å²) in [6.07, 6.45) is -0.323. The fourth-order valence-corrected chi connectivity index (χ4v) is 1.05. The second kappa shape index (κ2) is 7.65. The third kappa shape index (κ3) is 22.7. The van der Waals surface area contributed by atoms with E-state index in [0.717, 1.165) is 6.08 Å². The summed E-state index contributed by atoms with van der Waals surface area (Å²) in [6.45, 7) is 4.81. The van der Waals surface area contributed by atoms with E-state index in [-0.39, 0.29) is 0 Å². The van der Waals surface area contributed by atoms with Gasteiger partial charge in [-0.15, -0.1) is 0 Å². The SMILES string of the molecule is CC(C)(C)OC(=O)NS(=O)(=O)Cl.O=C=NS(=O)(=O)Cl. The minimum atomic E-state index is -4.05. The quantitative estimate of drug-likeness (QED) is 0.438. The van der Waals surface area contributed by atoms with Crippen LogP contribution < -0.4 is 4.72 Å². The van der Waals surface area contributed by atoms with Crippen molar-refractivity contribution in [3.8, 4) is 0 Å². The summed E-state index contributed by atoms with van der Waals surface area (Å²) in [5.41, 5.74) is -0.744. The fourth-order valence-electron chi connectivity index (χ4n) is 0.443. The van der Waals surface area contributed by atoms with Gasteiger partial charge in [0.05, 0.1) is 0 Å². The summed E-state index contributed by atoms with van der Waals surface area (Å²) in [5.74, 6) is 0. The molecule has 0 aromatic heterocycles. The molecule has 0 atom stereocenters. The first-order valence-corrected chi connectivity index (χ1v) is 8.73. The van der Waals surface area contributed by atoms with E-state index in [4.69, 9.17) is 15.5 Å². The van der Waals surface area contributed by atoms with Gasteiger partial charge in [0.15, 0.2) is 0 Å². The van der Waals surface area contributed by atoms with Crippen molar-refractivity contribution in [3.05, 3.63) is 0 Å². The molecule has 1 amide bonds. The van der Waals surface area contributed by atoms with Crippen LogP contribution in [0.1, 0.15) is 20.8 Å². The first-order valence-electron chi connectivity index (χ1n) is 4.15. The van der Waals surface area contributed by atoms with Gasteiger partial charge in [-0.25, -0.2) is 14.3 Å². The van der Waals surface area contributed by atoms with Crippen LogP contribution in [0.4, 0.5) is 4.79 Å². The van der Waals surface area contributed by atoms with Crippen LogP contribution in [-0.4, -0.2) is 34.6 Å². The van der Waals surface area contributed by atoms with Gasteiger partial charge in [-0.05, 0) is 20.8 Å². The molecule has 13 heteroatoms. The number of nitrogens with one attached hydrogen (secondary N) is 1. The summed E-state index contributed by atoms with van der Waals surface area (Å²) < 4.78 is 47.9. The number of halogens is 2. The molecule has 112 valence electrons. The van der Waals surface area contributed by atoms with Gasteiger partial charge in [-0.2, -0.15) is 16.8 Å². The second-order valence-electron chi connectivity index (χ2n) is 3.64. The number of carbonyl (C=O) groups excluding carboxylic acids is 2. The molecule has 0 bridgehead atoms. The highest BCUT2D eigenvalue weighted by atomic mass is 35.7. The van der Waals surface area contributed by atoms with E-state index in [1.165, 1.54) is 4.72 Å². The Kier molecular flexibility index (Phi) is 8.24. The number of nitrogens with zero attached hydrogens (tertiary/aromatic N) is 1. The van der Waals surface area contributed by atoms with Crippen LogP contribution in [0.15, 0.2) is 4.40 Å². The van der Waals surface area contributed by atoms with Gasteiger partial charge < -0.3 is 4.74 Å². The summed E-state index contributed by atoms with van der Waals surface area (Å²) in [7, 11) is 1.04. The highest BCUT2D eigenvalue weighted by Gasteiger charge is 2.19. The van der Waals surface area contributed by atoms with E-state index in [0.29, 0.717) is 0 Å². The van der Waals surface area contributed by atoms with Gasteiger partial charge in [0.1, 0.15) is 5.60 Å². The predicted octanol–water partition coefficient (Wildman–Crippen LogP) is 0.800. The third-order valence-corrected chi connectivity index (χ3v) is 1.89. The molecular weight excluding hydrogens is 347 g/mol. The Hall–Kier alpha value is -0.870.